The average Bonchev–Trinajstić information content (AvgIpc) is 2.83. The van der Waals surface area contributed by atoms with Crippen LogP contribution in [0.15, 0.2) is 59.5 Å². The molecule has 2 N–H and O–H groups in total. The van der Waals surface area contributed by atoms with Crippen molar-refractivity contribution in [1.29, 1.82) is 0 Å². The number of nitrogens with zero attached hydrogens (tertiary/aromatic N) is 3. The van der Waals surface area contributed by atoms with Gasteiger partial charge >= 0.3 is 0 Å². The van der Waals surface area contributed by atoms with Gasteiger partial charge in [0.05, 0.1) is 5.52 Å². The second-order valence-corrected chi connectivity index (χ2v) is 10.2. The maximum atomic E-state index is 14.6. The molecule has 4 aromatic rings. The maximum Gasteiger partial charge on any atom is 0.270 e. The molecule has 0 unspecified atom stereocenters. The van der Waals surface area contributed by atoms with Crippen LogP contribution in [0.4, 0.5) is 8.78 Å². The molecule has 2 bridgehead atoms. The number of hydrogen-bond acceptors (Lipinski definition) is 5. The van der Waals surface area contributed by atoms with Crippen LogP contribution in [0.3, 0.4) is 0 Å². The summed E-state index contributed by atoms with van der Waals surface area (Å²) >= 11 is 0. The SMILES string of the molecule is C[C@H](NCc1cc2cc(CNC(=O)c3cc(=O)n4ccccc4n3)ccc2nc1F)C12CC(F)(C1)C2. The summed E-state index contributed by atoms with van der Waals surface area (Å²) in [7, 11) is 0. The predicted octanol–water partition coefficient (Wildman–Crippen LogP) is 3.68. The Labute approximate surface area is 205 Å². The third kappa shape index (κ3) is 3.83. The Balaban J connectivity index is 1.14. The van der Waals surface area contributed by atoms with E-state index in [9.17, 15) is 18.4 Å². The van der Waals surface area contributed by atoms with Crippen molar-refractivity contribution >= 4 is 22.5 Å². The molecule has 0 spiro atoms. The molecule has 3 aromatic heterocycles. The molecular formula is C27H25F2N5O2. The lowest BCUT2D eigenvalue weighted by Gasteiger charge is -2.68. The van der Waals surface area contributed by atoms with Gasteiger partial charge in [-0.2, -0.15) is 4.39 Å². The zero-order valence-electron chi connectivity index (χ0n) is 19.7. The fourth-order valence-electron chi connectivity index (χ4n) is 5.60. The summed E-state index contributed by atoms with van der Waals surface area (Å²) in [6, 6.07) is 13.5. The van der Waals surface area contributed by atoms with Crippen LogP contribution in [0.2, 0.25) is 0 Å². The van der Waals surface area contributed by atoms with Crippen LogP contribution in [0.5, 0.6) is 0 Å². The van der Waals surface area contributed by atoms with Crippen molar-refractivity contribution in [2.75, 3.05) is 0 Å². The van der Waals surface area contributed by atoms with E-state index in [2.05, 4.69) is 20.6 Å². The van der Waals surface area contributed by atoms with Gasteiger partial charge in [0, 0.05) is 42.3 Å². The molecular weight excluding hydrogens is 464 g/mol. The van der Waals surface area contributed by atoms with Crippen LogP contribution >= 0.6 is 0 Å². The van der Waals surface area contributed by atoms with Gasteiger partial charge in [0.1, 0.15) is 17.0 Å². The monoisotopic (exact) mass is 489 g/mol. The lowest BCUT2D eigenvalue weighted by atomic mass is 9.40. The van der Waals surface area contributed by atoms with Crippen molar-refractivity contribution in [2.24, 2.45) is 5.41 Å². The Kier molecular flexibility index (Phi) is 5.15. The molecule has 3 saturated carbocycles. The van der Waals surface area contributed by atoms with E-state index in [1.807, 2.05) is 13.0 Å². The number of aromatic nitrogens is 3. The number of carbonyl (C=O) groups is 1. The highest BCUT2D eigenvalue weighted by molar-refractivity contribution is 5.92. The van der Waals surface area contributed by atoms with Gasteiger partial charge in [-0.25, -0.2) is 14.4 Å². The summed E-state index contributed by atoms with van der Waals surface area (Å²) in [4.78, 5) is 33.3. The predicted molar refractivity (Wildman–Crippen MR) is 131 cm³/mol. The van der Waals surface area contributed by atoms with Gasteiger partial charge in [-0.3, -0.25) is 14.0 Å². The Bertz CT molecular complexity index is 1560. The van der Waals surface area contributed by atoms with Crippen LogP contribution in [0.1, 0.15) is 47.8 Å². The zero-order valence-corrected chi connectivity index (χ0v) is 19.7. The van der Waals surface area contributed by atoms with Gasteiger partial charge in [-0.1, -0.05) is 12.1 Å². The first-order chi connectivity index (χ1) is 17.2. The molecule has 9 heteroatoms. The first kappa shape index (κ1) is 22.7. The van der Waals surface area contributed by atoms with Gasteiger partial charge in [0.25, 0.3) is 11.5 Å². The molecule has 3 aliphatic carbocycles. The van der Waals surface area contributed by atoms with E-state index in [4.69, 9.17) is 0 Å². The molecule has 36 heavy (non-hydrogen) atoms. The van der Waals surface area contributed by atoms with E-state index in [1.54, 1.807) is 42.6 Å². The standard InChI is InChI=1S/C27H25F2N5O2/c1-16(26-13-27(29,14-26)15-26)30-12-19-9-18-8-17(5-6-20(18)33-24(19)28)11-31-25(36)21-10-23(35)34-7-3-2-4-22(34)32-21/h2-10,16,30H,11-15H2,1H3,(H,31,36)/t16-,26?,27?/m0/s1. The first-order valence-electron chi connectivity index (χ1n) is 12.0. The smallest absolute Gasteiger partial charge is 0.270 e. The second-order valence-electron chi connectivity index (χ2n) is 10.2. The van der Waals surface area contributed by atoms with Crippen molar-refractivity contribution in [2.45, 2.75) is 51.0 Å². The van der Waals surface area contributed by atoms with Crippen LogP contribution in [-0.2, 0) is 13.1 Å². The Morgan fingerprint density at radius 2 is 1.92 bits per heavy atom. The molecule has 3 fully saturated rings. The van der Waals surface area contributed by atoms with Crippen molar-refractivity contribution in [1.82, 2.24) is 25.0 Å². The number of benzene rings is 1. The molecule has 1 atom stereocenters. The van der Waals surface area contributed by atoms with Gasteiger partial charge in [-0.05, 0) is 67.5 Å². The zero-order chi connectivity index (χ0) is 25.1. The number of rotatable bonds is 7. The number of halogens is 2. The Hall–Kier alpha value is -3.72. The summed E-state index contributed by atoms with van der Waals surface area (Å²) < 4.78 is 29.8. The molecule has 0 aliphatic heterocycles. The van der Waals surface area contributed by atoms with E-state index in [-0.39, 0.29) is 29.3 Å². The van der Waals surface area contributed by atoms with E-state index in [0.29, 0.717) is 42.5 Å². The molecule has 3 aliphatic rings. The summed E-state index contributed by atoms with van der Waals surface area (Å²) in [6.07, 6.45) is 3.36. The summed E-state index contributed by atoms with van der Waals surface area (Å²) in [5.41, 5.74) is 0.905. The van der Waals surface area contributed by atoms with Gasteiger partial charge in [0.15, 0.2) is 0 Å². The number of hydrogen-bond donors (Lipinski definition) is 2. The number of fused-ring (bicyclic) bond motifs is 2. The number of pyridine rings is 2. The quantitative estimate of drug-likeness (QED) is 0.387. The molecule has 7 rings (SSSR count). The van der Waals surface area contributed by atoms with Gasteiger partial charge in [0.2, 0.25) is 5.95 Å². The fraction of sp³-hybridized carbons (Fsp3) is 0.333. The highest BCUT2D eigenvalue weighted by atomic mass is 19.1. The molecule has 7 nitrogen and oxygen atoms in total. The molecule has 3 heterocycles. The van der Waals surface area contributed by atoms with Crippen molar-refractivity contribution < 1.29 is 13.6 Å². The minimum atomic E-state index is -0.960. The molecule has 0 radical (unpaired) electrons. The van der Waals surface area contributed by atoms with Gasteiger partial charge in [-0.15, -0.1) is 0 Å². The first-order valence-corrected chi connectivity index (χ1v) is 12.0. The van der Waals surface area contributed by atoms with Crippen molar-refractivity contribution in [3.63, 3.8) is 0 Å². The summed E-state index contributed by atoms with van der Waals surface area (Å²) in [6.45, 7) is 2.55. The lowest BCUT2D eigenvalue weighted by molar-refractivity contribution is -0.226. The van der Waals surface area contributed by atoms with Crippen molar-refractivity contribution in [3.05, 3.63) is 87.9 Å². The molecule has 1 aromatic carbocycles. The van der Waals surface area contributed by atoms with Gasteiger partial charge < -0.3 is 10.6 Å². The highest BCUT2D eigenvalue weighted by Crippen LogP contribution is 2.70. The number of amides is 1. The average molecular weight is 490 g/mol. The summed E-state index contributed by atoms with van der Waals surface area (Å²) in [5, 5.41) is 6.89. The maximum absolute atomic E-state index is 14.6. The lowest BCUT2D eigenvalue weighted by Crippen LogP contribution is -2.70. The topological polar surface area (TPSA) is 88.4 Å². The Morgan fingerprint density at radius 1 is 1.11 bits per heavy atom. The Morgan fingerprint density at radius 3 is 2.69 bits per heavy atom. The van der Waals surface area contributed by atoms with E-state index in [0.717, 1.165) is 10.9 Å². The van der Waals surface area contributed by atoms with Crippen LogP contribution in [0, 0.1) is 11.4 Å². The van der Waals surface area contributed by atoms with E-state index < -0.39 is 17.5 Å². The van der Waals surface area contributed by atoms with Crippen LogP contribution in [-0.4, -0.2) is 32.0 Å². The largest absolute Gasteiger partial charge is 0.347 e. The molecule has 184 valence electrons. The number of alkyl halides is 1. The highest BCUT2D eigenvalue weighted by Gasteiger charge is 2.70. The third-order valence-corrected chi connectivity index (χ3v) is 7.69. The number of nitrogens with one attached hydrogen (secondary N) is 2. The minimum absolute atomic E-state index is 0.00627. The van der Waals surface area contributed by atoms with E-state index >= 15 is 0 Å². The number of carbonyl (C=O) groups excluding carboxylic acids is 1. The normalized spacial score (nSPS) is 23.2. The molecule has 0 saturated heterocycles. The minimum Gasteiger partial charge on any atom is -0.347 e. The van der Waals surface area contributed by atoms with Crippen LogP contribution in [0.25, 0.3) is 16.6 Å². The summed E-state index contributed by atoms with van der Waals surface area (Å²) in [5.74, 6) is -0.991. The van der Waals surface area contributed by atoms with E-state index in [1.165, 1.54) is 10.5 Å². The van der Waals surface area contributed by atoms with Crippen molar-refractivity contribution in [3.8, 4) is 0 Å². The fourth-order valence-corrected chi connectivity index (χ4v) is 5.60. The third-order valence-electron chi connectivity index (χ3n) is 7.69. The molecule has 1 amide bonds. The van der Waals surface area contributed by atoms with Crippen LogP contribution < -0.4 is 16.2 Å². The second kappa shape index (κ2) is 8.16.